The Labute approximate surface area is 88.3 Å². The molecular weight excluding hydrogens is 176 g/mol. The minimum absolute atomic E-state index is 1.00. The van der Waals surface area contributed by atoms with E-state index in [0.717, 1.165) is 7.11 Å². The van der Waals surface area contributed by atoms with Gasteiger partial charge in [-0.25, -0.2) is 0 Å². The largest absolute Gasteiger partial charge is 0.400 e. The Bertz CT molecular complexity index is 56.3. The van der Waals surface area contributed by atoms with Crippen LogP contribution in [0.15, 0.2) is 0 Å². The highest BCUT2D eigenvalue weighted by Crippen LogP contribution is 1.97. The number of aliphatic hydroxyl groups is 1. The third-order valence-corrected chi connectivity index (χ3v) is 2.41. The zero-order chi connectivity index (χ0) is 10.5. The van der Waals surface area contributed by atoms with Crippen molar-refractivity contribution in [3.05, 3.63) is 0 Å². The van der Waals surface area contributed by atoms with Crippen molar-refractivity contribution in [2.75, 3.05) is 33.3 Å². The van der Waals surface area contributed by atoms with Crippen LogP contribution in [0.2, 0.25) is 0 Å². The lowest BCUT2D eigenvalue weighted by atomic mass is 10.2. The van der Waals surface area contributed by atoms with Crippen molar-refractivity contribution in [2.45, 2.75) is 38.5 Å². The van der Waals surface area contributed by atoms with E-state index in [2.05, 4.69) is 10.6 Å². The highest BCUT2D eigenvalue weighted by molar-refractivity contribution is 4.55. The first-order valence-corrected chi connectivity index (χ1v) is 5.86. The van der Waals surface area contributed by atoms with Crippen molar-refractivity contribution in [1.29, 1.82) is 0 Å². The maximum atomic E-state index is 7.00. The molecule has 3 N–H and O–H groups in total. The van der Waals surface area contributed by atoms with Crippen LogP contribution in [-0.4, -0.2) is 38.4 Å². The topological polar surface area (TPSA) is 44.3 Å². The maximum Gasteiger partial charge on any atom is 0.0319 e. The van der Waals surface area contributed by atoms with Gasteiger partial charge < -0.3 is 15.7 Å². The molecule has 2 saturated heterocycles. The van der Waals surface area contributed by atoms with Gasteiger partial charge in [0.1, 0.15) is 0 Å². The van der Waals surface area contributed by atoms with E-state index in [1.54, 1.807) is 0 Å². The first kappa shape index (κ1) is 13.9. The third kappa shape index (κ3) is 9.96. The molecule has 0 aromatic rings. The van der Waals surface area contributed by atoms with Crippen LogP contribution >= 0.6 is 0 Å². The quantitative estimate of drug-likeness (QED) is 0.552. The van der Waals surface area contributed by atoms with Crippen LogP contribution in [0.4, 0.5) is 0 Å². The van der Waals surface area contributed by atoms with E-state index >= 15 is 0 Å². The second-order valence-corrected chi connectivity index (χ2v) is 3.62. The molecule has 0 aromatic heterocycles. The van der Waals surface area contributed by atoms with Gasteiger partial charge >= 0.3 is 0 Å². The number of piperidine rings is 2. The Morgan fingerprint density at radius 3 is 0.929 bits per heavy atom. The van der Waals surface area contributed by atoms with Crippen molar-refractivity contribution in [3.8, 4) is 0 Å². The van der Waals surface area contributed by atoms with Crippen molar-refractivity contribution < 1.29 is 5.11 Å². The molecule has 3 heteroatoms. The first-order chi connectivity index (χ1) is 7.00. The highest BCUT2D eigenvalue weighted by Gasteiger charge is 1.94. The average Bonchev–Trinajstić information content (AvgIpc) is 2.37. The van der Waals surface area contributed by atoms with Crippen LogP contribution in [0.5, 0.6) is 0 Å². The van der Waals surface area contributed by atoms with E-state index in [0.29, 0.717) is 0 Å². The van der Waals surface area contributed by atoms with Crippen LogP contribution in [0, 0.1) is 0 Å². The minimum atomic E-state index is 1.00. The molecule has 86 valence electrons. The summed E-state index contributed by atoms with van der Waals surface area (Å²) in [5.41, 5.74) is 0. The van der Waals surface area contributed by atoms with Crippen molar-refractivity contribution in [3.63, 3.8) is 0 Å². The molecule has 2 fully saturated rings. The second-order valence-electron chi connectivity index (χ2n) is 3.62. The summed E-state index contributed by atoms with van der Waals surface area (Å²) < 4.78 is 0. The summed E-state index contributed by atoms with van der Waals surface area (Å²) >= 11 is 0. The average molecular weight is 202 g/mol. The molecule has 0 unspecified atom stereocenters. The van der Waals surface area contributed by atoms with Gasteiger partial charge in [-0.2, -0.15) is 0 Å². The Morgan fingerprint density at radius 1 is 0.571 bits per heavy atom. The molecule has 0 atom stereocenters. The van der Waals surface area contributed by atoms with Gasteiger partial charge in [-0.1, -0.05) is 12.8 Å². The summed E-state index contributed by atoms with van der Waals surface area (Å²) in [4.78, 5) is 0. The number of aliphatic hydroxyl groups excluding tert-OH is 1. The predicted molar refractivity (Wildman–Crippen MR) is 61.6 cm³/mol. The van der Waals surface area contributed by atoms with Gasteiger partial charge in [0.15, 0.2) is 0 Å². The molecule has 14 heavy (non-hydrogen) atoms. The molecule has 0 aromatic carbocycles. The smallest absolute Gasteiger partial charge is 0.0319 e. The normalized spacial score (nSPS) is 21.0. The molecule has 2 aliphatic heterocycles. The van der Waals surface area contributed by atoms with Crippen LogP contribution < -0.4 is 10.6 Å². The van der Waals surface area contributed by atoms with E-state index in [-0.39, 0.29) is 0 Å². The number of nitrogens with one attached hydrogen (secondary N) is 2. The van der Waals surface area contributed by atoms with Gasteiger partial charge in [0.05, 0.1) is 0 Å². The summed E-state index contributed by atoms with van der Waals surface area (Å²) in [5.74, 6) is 0. The lowest BCUT2D eigenvalue weighted by Gasteiger charge is -2.08. The second kappa shape index (κ2) is 12.9. The van der Waals surface area contributed by atoms with Gasteiger partial charge in [-0.3, -0.25) is 0 Å². The van der Waals surface area contributed by atoms with Crippen molar-refractivity contribution >= 4 is 0 Å². The molecule has 3 nitrogen and oxygen atoms in total. The van der Waals surface area contributed by atoms with E-state index in [9.17, 15) is 0 Å². The molecule has 2 heterocycles. The van der Waals surface area contributed by atoms with E-state index < -0.39 is 0 Å². The molecule has 2 aliphatic rings. The van der Waals surface area contributed by atoms with Gasteiger partial charge in [-0.05, 0) is 51.9 Å². The maximum absolute atomic E-state index is 7.00. The summed E-state index contributed by atoms with van der Waals surface area (Å²) in [7, 11) is 1.00. The zero-order valence-corrected chi connectivity index (χ0v) is 9.52. The van der Waals surface area contributed by atoms with Crippen LogP contribution in [0.1, 0.15) is 38.5 Å². The van der Waals surface area contributed by atoms with Crippen LogP contribution in [0.3, 0.4) is 0 Å². The number of hydrogen-bond donors (Lipinski definition) is 3. The minimum Gasteiger partial charge on any atom is -0.400 e. The molecule has 0 aliphatic carbocycles. The molecule has 0 saturated carbocycles. The number of rotatable bonds is 0. The first-order valence-electron chi connectivity index (χ1n) is 5.86. The van der Waals surface area contributed by atoms with E-state index in [1.165, 1.54) is 64.7 Å². The zero-order valence-electron chi connectivity index (χ0n) is 9.52. The van der Waals surface area contributed by atoms with Crippen LogP contribution in [0.25, 0.3) is 0 Å². The Hall–Kier alpha value is -0.120. The summed E-state index contributed by atoms with van der Waals surface area (Å²) in [6.45, 7) is 5.00. The van der Waals surface area contributed by atoms with E-state index in [4.69, 9.17) is 5.11 Å². The molecular formula is C11H26N2O. The fourth-order valence-electron chi connectivity index (χ4n) is 1.60. The molecule has 0 bridgehead atoms. The standard InChI is InChI=1S/2C5H11N.CH4O/c2*1-2-4-6-5-3-1;1-2/h2*6H,1-5H2;2H,1H3. The predicted octanol–water partition coefficient (Wildman–Crippen LogP) is 1.13. The fraction of sp³-hybridized carbons (Fsp3) is 1.00. The Balaban J connectivity index is 0.000000206. The monoisotopic (exact) mass is 202 g/mol. The Kier molecular flexibility index (Phi) is 12.8. The van der Waals surface area contributed by atoms with Gasteiger partial charge in [0.25, 0.3) is 0 Å². The van der Waals surface area contributed by atoms with Crippen LogP contribution in [-0.2, 0) is 0 Å². The van der Waals surface area contributed by atoms with E-state index in [1.807, 2.05) is 0 Å². The van der Waals surface area contributed by atoms with Crippen molar-refractivity contribution in [1.82, 2.24) is 10.6 Å². The van der Waals surface area contributed by atoms with Gasteiger partial charge in [-0.15, -0.1) is 0 Å². The Morgan fingerprint density at radius 2 is 0.857 bits per heavy atom. The fourth-order valence-corrected chi connectivity index (χ4v) is 1.60. The third-order valence-electron chi connectivity index (χ3n) is 2.41. The van der Waals surface area contributed by atoms with Crippen molar-refractivity contribution in [2.24, 2.45) is 0 Å². The molecule has 0 amide bonds. The van der Waals surface area contributed by atoms with Gasteiger partial charge in [0, 0.05) is 7.11 Å². The van der Waals surface area contributed by atoms with Gasteiger partial charge in [0.2, 0.25) is 0 Å². The molecule has 0 spiro atoms. The lowest BCUT2D eigenvalue weighted by Crippen LogP contribution is -2.21. The highest BCUT2D eigenvalue weighted by atomic mass is 16.2. The lowest BCUT2D eigenvalue weighted by molar-refractivity contribution is 0.399. The molecule has 2 rings (SSSR count). The SMILES string of the molecule is C1CCNCC1.C1CCNCC1.CO. The summed E-state index contributed by atoms with van der Waals surface area (Å²) in [6.07, 6.45) is 8.43. The molecule has 0 radical (unpaired) electrons. The summed E-state index contributed by atoms with van der Waals surface area (Å²) in [5, 5.41) is 13.6. The summed E-state index contributed by atoms with van der Waals surface area (Å²) in [6, 6.07) is 0. The number of hydrogen-bond acceptors (Lipinski definition) is 3.